The Labute approximate surface area is 172 Å². The fourth-order valence-corrected chi connectivity index (χ4v) is 2.94. The summed E-state index contributed by atoms with van der Waals surface area (Å²) < 4.78 is 5.65. The van der Waals surface area contributed by atoms with Gasteiger partial charge < -0.3 is 15.0 Å². The highest BCUT2D eigenvalue weighted by Crippen LogP contribution is 2.21. The van der Waals surface area contributed by atoms with E-state index in [4.69, 9.17) is 4.74 Å². The van der Waals surface area contributed by atoms with Crippen molar-refractivity contribution in [1.29, 1.82) is 0 Å². The molecule has 3 rings (SSSR count). The van der Waals surface area contributed by atoms with Gasteiger partial charge in [-0.3, -0.25) is 4.79 Å². The van der Waals surface area contributed by atoms with Gasteiger partial charge in [-0.1, -0.05) is 30.3 Å². The lowest BCUT2D eigenvalue weighted by Crippen LogP contribution is -2.30. The van der Waals surface area contributed by atoms with Crippen LogP contribution < -0.4 is 10.1 Å². The van der Waals surface area contributed by atoms with E-state index >= 15 is 0 Å². The zero-order valence-electron chi connectivity index (χ0n) is 17.1. The maximum absolute atomic E-state index is 12.8. The summed E-state index contributed by atoms with van der Waals surface area (Å²) in [4.78, 5) is 19.0. The number of carbonyl (C=O) groups is 1. The summed E-state index contributed by atoms with van der Waals surface area (Å²) in [5.41, 5.74) is 3.30. The maximum Gasteiger partial charge on any atom is 0.272 e. The normalized spacial score (nSPS) is 10.6. The van der Waals surface area contributed by atoms with Crippen molar-refractivity contribution in [1.82, 2.24) is 9.88 Å². The van der Waals surface area contributed by atoms with Crippen molar-refractivity contribution in [3.8, 4) is 5.75 Å². The van der Waals surface area contributed by atoms with Crippen LogP contribution in [0, 0.1) is 0 Å². The number of nitrogens with zero attached hydrogens (tertiary/aromatic N) is 2. The van der Waals surface area contributed by atoms with Crippen molar-refractivity contribution in [3.05, 3.63) is 84.2 Å². The van der Waals surface area contributed by atoms with Crippen molar-refractivity contribution >= 4 is 17.3 Å². The van der Waals surface area contributed by atoms with E-state index in [2.05, 4.69) is 10.3 Å². The van der Waals surface area contributed by atoms with E-state index in [1.807, 2.05) is 81.4 Å². The second-order valence-electron chi connectivity index (χ2n) is 7.05. The number of anilines is 2. The van der Waals surface area contributed by atoms with Crippen LogP contribution >= 0.6 is 0 Å². The van der Waals surface area contributed by atoms with Crippen molar-refractivity contribution in [3.63, 3.8) is 0 Å². The maximum atomic E-state index is 12.8. The lowest BCUT2D eigenvalue weighted by atomic mass is 10.2. The van der Waals surface area contributed by atoms with Crippen LogP contribution in [0.3, 0.4) is 0 Å². The van der Waals surface area contributed by atoms with Gasteiger partial charge in [0.15, 0.2) is 0 Å². The molecule has 0 saturated heterocycles. The van der Waals surface area contributed by atoms with E-state index in [1.54, 1.807) is 17.2 Å². The van der Waals surface area contributed by atoms with Gasteiger partial charge in [0.1, 0.15) is 11.4 Å². The first kappa shape index (κ1) is 20.4. The van der Waals surface area contributed by atoms with Gasteiger partial charge in [-0.05, 0) is 62.7 Å². The van der Waals surface area contributed by atoms with Gasteiger partial charge in [0, 0.05) is 18.8 Å². The molecule has 5 heteroatoms. The number of aromatic nitrogens is 1. The zero-order chi connectivity index (χ0) is 20.6. The number of pyridine rings is 1. The Kier molecular flexibility index (Phi) is 6.85. The van der Waals surface area contributed by atoms with Gasteiger partial charge >= 0.3 is 0 Å². The molecule has 0 unspecified atom stereocenters. The Morgan fingerprint density at radius 2 is 1.69 bits per heavy atom. The van der Waals surface area contributed by atoms with Crippen LogP contribution in [0.25, 0.3) is 0 Å². The molecular weight excluding hydrogens is 362 g/mol. The topological polar surface area (TPSA) is 54.5 Å². The largest absolute Gasteiger partial charge is 0.491 e. The number of hydrogen-bond acceptors (Lipinski definition) is 4. The van der Waals surface area contributed by atoms with Crippen LogP contribution in [0.4, 0.5) is 11.4 Å². The molecule has 1 heterocycles. The summed E-state index contributed by atoms with van der Waals surface area (Å²) in [6, 6.07) is 21.4. The van der Waals surface area contributed by atoms with Crippen molar-refractivity contribution in [2.45, 2.75) is 33.4 Å². The van der Waals surface area contributed by atoms with E-state index in [0.29, 0.717) is 18.8 Å². The van der Waals surface area contributed by atoms with Crippen LogP contribution in [-0.4, -0.2) is 28.4 Å². The summed E-state index contributed by atoms with van der Waals surface area (Å²) in [5.74, 6) is 0.765. The molecule has 0 bridgehead atoms. The number of nitrogens with one attached hydrogen (secondary N) is 1. The average Bonchev–Trinajstić information content (AvgIpc) is 2.74. The van der Waals surface area contributed by atoms with Crippen LogP contribution in [-0.2, 0) is 6.54 Å². The van der Waals surface area contributed by atoms with Crippen molar-refractivity contribution in [2.75, 3.05) is 11.9 Å². The Balaban J connectivity index is 1.63. The standard InChI is InChI=1S/C24H27N3O2/c1-4-27(17-19-8-6-5-7-9-19)24(28)23-15-12-21(16-25-23)26-20-10-13-22(14-11-20)29-18(2)3/h5-16,18,26H,4,17H2,1-3H3. The molecule has 0 aliphatic carbocycles. The van der Waals surface area contributed by atoms with Gasteiger partial charge in [-0.25, -0.2) is 4.98 Å². The van der Waals surface area contributed by atoms with E-state index in [9.17, 15) is 4.79 Å². The summed E-state index contributed by atoms with van der Waals surface area (Å²) in [6.45, 7) is 7.17. The summed E-state index contributed by atoms with van der Waals surface area (Å²) in [7, 11) is 0. The first-order chi connectivity index (χ1) is 14.0. The molecular formula is C24H27N3O2. The van der Waals surface area contributed by atoms with E-state index in [-0.39, 0.29) is 12.0 Å². The highest BCUT2D eigenvalue weighted by molar-refractivity contribution is 5.92. The van der Waals surface area contributed by atoms with Gasteiger partial charge in [0.2, 0.25) is 0 Å². The van der Waals surface area contributed by atoms with Crippen LogP contribution in [0.1, 0.15) is 36.8 Å². The second-order valence-corrected chi connectivity index (χ2v) is 7.05. The third kappa shape index (κ3) is 5.82. The average molecular weight is 389 g/mol. The number of hydrogen-bond donors (Lipinski definition) is 1. The molecule has 150 valence electrons. The summed E-state index contributed by atoms with van der Waals surface area (Å²) >= 11 is 0. The molecule has 2 aromatic carbocycles. The molecule has 1 amide bonds. The molecule has 1 aromatic heterocycles. The molecule has 0 fully saturated rings. The van der Waals surface area contributed by atoms with E-state index < -0.39 is 0 Å². The van der Waals surface area contributed by atoms with Gasteiger partial charge in [0.25, 0.3) is 5.91 Å². The third-order valence-corrected chi connectivity index (χ3v) is 4.38. The first-order valence-corrected chi connectivity index (χ1v) is 9.88. The smallest absolute Gasteiger partial charge is 0.272 e. The molecule has 29 heavy (non-hydrogen) atoms. The molecule has 5 nitrogen and oxygen atoms in total. The minimum Gasteiger partial charge on any atom is -0.491 e. The first-order valence-electron chi connectivity index (χ1n) is 9.88. The quantitative estimate of drug-likeness (QED) is 0.570. The summed E-state index contributed by atoms with van der Waals surface area (Å²) in [6.07, 6.45) is 1.83. The van der Waals surface area contributed by atoms with Crippen LogP contribution in [0.5, 0.6) is 5.75 Å². The van der Waals surface area contributed by atoms with E-state index in [0.717, 1.165) is 22.7 Å². The van der Waals surface area contributed by atoms with Crippen molar-refractivity contribution < 1.29 is 9.53 Å². The molecule has 0 radical (unpaired) electrons. The van der Waals surface area contributed by atoms with E-state index in [1.165, 1.54) is 0 Å². The third-order valence-electron chi connectivity index (χ3n) is 4.38. The highest BCUT2D eigenvalue weighted by Gasteiger charge is 2.15. The number of ether oxygens (including phenoxy) is 1. The lowest BCUT2D eigenvalue weighted by Gasteiger charge is -2.20. The van der Waals surface area contributed by atoms with Gasteiger partial charge in [-0.2, -0.15) is 0 Å². The SMILES string of the molecule is CCN(Cc1ccccc1)C(=O)c1ccc(Nc2ccc(OC(C)C)cc2)cn1. The number of carbonyl (C=O) groups excluding carboxylic acids is 1. The number of rotatable bonds is 8. The lowest BCUT2D eigenvalue weighted by molar-refractivity contribution is 0.0746. The molecule has 3 aromatic rings. The predicted octanol–water partition coefficient (Wildman–Crippen LogP) is 5.27. The van der Waals surface area contributed by atoms with Crippen LogP contribution in [0.15, 0.2) is 72.9 Å². The Bertz CT molecular complexity index is 907. The summed E-state index contributed by atoms with van der Waals surface area (Å²) in [5, 5.41) is 3.29. The molecule has 0 aliphatic heterocycles. The van der Waals surface area contributed by atoms with Crippen LogP contribution in [0.2, 0.25) is 0 Å². The Morgan fingerprint density at radius 1 is 1.00 bits per heavy atom. The molecule has 1 N–H and O–H groups in total. The minimum absolute atomic E-state index is 0.0712. The molecule has 0 atom stereocenters. The van der Waals surface area contributed by atoms with Crippen molar-refractivity contribution in [2.24, 2.45) is 0 Å². The fraction of sp³-hybridized carbons (Fsp3) is 0.250. The number of amides is 1. The minimum atomic E-state index is -0.0712. The Morgan fingerprint density at radius 3 is 2.28 bits per heavy atom. The molecule has 0 saturated carbocycles. The monoisotopic (exact) mass is 389 g/mol. The second kappa shape index (κ2) is 9.73. The Hall–Kier alpha value is -3.34. The molecule has 0 aliphatic rings. The van der Waals surface area contributed by atoms with Gasteiger partial charge in [0.05, 0.1) is 18.0 Å². The fourth-order valence-electron chi connectivity index (χ4n) is 2.94. The van der Waals surface area contributed by atoms with Gasteiger partial charge in [-0.15, -0.1) is 0 Å². The zero-order valence-corrected chi connectivity index (χ0v) is 17.1. The highest BCUT2D eigenvalue weighted by atomic mass is 16.5. The number of benzene rings is 2. The predicted molar refractivity (Wildman–Crippen MR) is 117 cm³/mol. The molecule has 0 spiro atoms.